The molecule has 0 fully saturated rings. The Morgan fingerprint density at radius 2 is 2.20 bits per heavy atom. The van der Waals surface area contributed by atoms with Crippen LogP contribution in [0.5, 0.6) is 11.5 Å². The van der Waals surface area contributed by atoms with E-state index in [9.17, 15) is 4.79 Å². The van der Waals surface area contributed by atoms with Crippen molar-refractivity contribution in [1.29, 1.82) is 0 Å². The minimum Gasteiger partial charge on any atom is -0.454 e. The molecule has 0 saturated carbocycles. The zero-order valence-corrected chi connectivity index (χ0v) is 8.40. The average molecular weight is 208 g/mol. The summed E-state index contributed by atoms with van der Waals surface area (Å²) in [6, 6.07) is 5.33. The number of rotatable bonds is 2. The van der Waals surface area contributed by atoms with E-state index in [2.05, 4.69) is 0 Å². The Kier molecular flexibility index (Phi) is 2.47. The van der Waals surface area contributed by atoms with Crippen molar-refractivity contribution in [2.45, 2.75) is 0 Å². The number of carbonyl (C=O) groups excluding carboxylic acids is 1. The van der Waals surface area contributed by atoms with Crippen LogP contribution in [0.4, 0.5) is 5.69 Å². The smallest absolute Gasteiger partial charge is 0.240 e. The molecule has 5 heteroatoms. The minimum absolute atomic E-state index is 0.00899. The first-order chi connectivity index (χ1) is 7.22. The van der Waals surface area contributed by atoms with Gasteiger partial charge in [0.1, 0.15) is 0 Å². The predicted octanol–water partition coefficient (Wildman–Crippen LogP) is 0.337. The number of hydrogen-bond donors (Lipinski definition) is 1. The molecule has 0 aromatic heterocycles. The zero-order chi connectivity index (χ0) is 10.8. The van der Waals surface area contributed by atoms with Crippen molar-refractivity contribution in [2.75, 3.05) is 25.3 Å². The minimum atomic E-state index is -0.145. The summed E-state index contributed by atoms with van der Waals surface area (Å²) in [6.45, 7) is 0.221. The third kappa shape index (κ3) is 1.73. The number of carbonyl (C=O) groups is 1. The molecule has 2 rings (SSSR count). The van der Waals surface area contributed by atoms with Gasteiger partial charge in [0.05, 0.1) is 6.54 Å². The van der Waals surface area contributed by atoms with Crippen LogP contribution >= 0.6 is 0 Å². The predicted molar refractivity (Wildman–Crippen MR) is 55.0 cm³/mol. The molecule has 0 aliphatic carbocycles. The van der Waals surface area contributed by atoms with E-state index in [0.29, 0.717) is 11.5 Å². The summed E-state index contributed by atoms with van der Waals surface area (Å²) in [6.07, 6.45) is 0. The third-order valence-electron chi connectivity index (χ3n) is 2.29. The van der Waals surface area contributed by atoms with Gasteiger partial charge in [-0.15, -0.1) is 0 Å². The van der Waals surface area contributed by atoms with E-state index >= 15 is 0 Å². The van der Waals surface area contributed by atoms with Gasteiger partial charge < -0.3 is 20.1 Å². The van der Waals surface area contributed by atoms with E-state index in [0.717, 1.165) is 5.69 Å². The molecule has 15 heavy (non-hydrogen) atoms. The molecule has 1 aromatic rings. The highest BCUT2D eigenvalue weighted by Gasteiger charge is 2.16. The summed E-state index contributed by atoms with van der Waals surface area (Å²) in [4.78, 5) is 12.8. The lowest BCUT2D eigenvalue weighted by atomic mass is 10.2. The second-order valence-corrected chi connectivity index (χ2v) is 3.19. The van der Waals surface area contributed by atoms with Crippen LogP contribution in [0, 0.1) is 0 Å². The van der Waals surface area contributed by atoms with E-state index in [4.69, 9.17) is 15.2 Å². The van der Waals surface area contributed by atoms with Gasteiger partial charge in [-0.2, -0.15) is 0 Å². The lowest BCUT2D eigenvalue weighted by molar-refractivity contribution is -0.117. The monoisotopic (exact) mass is 208 g/mol. The van der Waals surface area contributed by atoms with E-state index in [1.807, 2.05) is 0 Å². The van der Waals surface area contributed by atoms with Crippen LogP contribution in [0.25, 0.3) is 0 Å². The molecule has 0 bridgehead atoms. The van der Waals surface area contributed by atoms with Gasteiger partial charge in [-0.25, -0.2) is 0 Å². The van der Waals surface area contributed by atoms with E-state index in [1.165, 1.54) is 4.90 Å². The zero-order valence-electron chi connectivity index (χ0n) is 8.40. The van der Waals surface area contributed by atoms with Gasteiger partial charge in [0.25, 0.3) is 0 Å². The molecule has 0 atom stereocenters. The van der Waals surface area contributed by atoms with Crippen LogP contribution in [-0.4, -0.2) is 26.3 Å². The Morgan fingerprint density at radius 3 is 2.93 bits per heavy atom. The van der Waals surface area contributed by atoms with Crippen LogP contribution in [-0.2, 0) is 4.79 Å². The molecule has 1 aromatic carbocycles. The number of fused-ring (bicyclic) bond motifs is 1. The SMILES string of the molecule is CN(C(=O)CN)c1ccc2c(c1)OCO2. The van der Waals surface area contributed by atoms with Crippen molar-refractivity contribution < 1.29 is 14.3 Å². The molecule has 1 heterocycles. The van der Waals surface area contributed by atoms with Crippen LogP contribution in [0.15, 0.2) is 18.2 Å². The number of ether oxygens (including phenoxy) is 2. The van der Waals surface area contributed by atoms with Crippen molar-refractivity contribution in [2.24, 2.45) is 5.73 Å². The first kappa shape index (κ1) is 9.79. The van der Waals surface area contributed by atoms with Gasteiger partial charge in [-0.05, 0) is 12.1 Å². The number of nitrogens with zero attached hydrogens (tertiary/aromatic N) is 1. The molecule has 1 aliphatic heterocycles. The topological polar surface area (TPSA) is 64.8 Å². The number of hydrogen-bond acceptors (Lipinski definition) is 4. The van der Waals surface area contributed by atoms with Crippen LogP contribution < -0.4 is 20.1 Å². The van der Waals surface area contributed by atoms with Crippen molar-refractivity contribution in [1.82, 2.24) is 0 Å². The summed E-state index contributed by atoms with van der Waals surface area (Å²) >= 11 is 0. The van der Waals surface area contributed by atoms with Crippen molar-refractivity contribution in [3.8, 4) is 11.5 Å². The normalized spacial score (nSPS) is 12.7. The van der Waals surface area contributed by atoms with Crippen molar-refractivity contribution >= 4 is 11.6 Å². The average Bonchev–Trinajstić information content (AvgIpc) is 2.73. The molecule has 1 amide bonds. The maximum Gasteiger partial charge on any atom is 0.240 e. The van der Waals surface area contributed by atoms with E-state index in [-0.39, 0.29) is 19.2 Å². The van der Waals surface area contributed by atoms with Gasteiger partial charge >= 0.3 is 0 Å². The fourth-order valence-electron chi connectivity index (χ4n) is 1.37. The molecular formula is C10H12N2O3. The first-order valence-electron chi connectivity index (χ1n) is 4.58. The van der Waals surface area contributed by atoms with Crippen LogP contribution in [0.1, 0.15) is 0 Å². The summed E-state index contributed by atoms with van der Waals surface area (Å²) in [5.74, 6) is 1.21. The Bertz CT molecular complexity index is 392. The Balaban J connectivity index is 2.26. The molecule has 0 saturated heterocycles. The van der Waals surface area contributed by atoms with Gasteiger partial charge in [0.15, 0.2) is 11.5 Å². The molecule has 0 unspecified atom stereocenters. The van der Waals surface area contributed by atoms with E-state index < -0.39 is 0 Å². The Hall–Kier alpha value is -1.75. The number of benzene rings is 1. The maximum absolute atomic E-state index is 11.3. The standard InChI is InChI=1S/C10H12N2O3/c1-12(10(13)5-11)7-2-3-8-9(4-7)15-6-14-8/h2-4H,5-6,11H2,1H3. The molecule has 2 N–H and O–H groups in total. The van der Waals surface area contributed by atoms with Gasteiger partial charge in [-0.3, -0.25) is 4.79 Å². The summed E-state index contributed by atoms with van der Waals surface area (Å²) < 4.78 is 10.4. The third-order valence-corrected chi connectivity index (χ3v) is 2.29. The maximum atomic E-state index is 11.3. The highest BCUT2D eigenvalue weighted by Crippen LogP contribution is 2.35. The molecule has 0 spiro atoms. The summed E-state index contributed by atoms with van der Waals surface area (Å²) in [7, 11) is 1.67. The fraction of sp³-hybridized carbons (Fsp3) is 0.300. The lowest BCUT2D eigenvalue weighted by Gasteiger charge is -2.16. The van der Waals surface area contributed by atoms with Gasteiger partial charge in [0.2, 0.25) is 12.7 Å². The highest BCUT2D eigenvalue weighted by atomic mass is 16.7. The first-order valence-corrected chi connectivity index (χ1v) is 4.58. The summed E-state index contributed by atoms with van der Waals surface area (Å²) in [5.41, 5.74) is 6.02. The Morgan fingerprint density at radius 1 is 1.47 bits per heavy atom. The number of nitrogens with two attached hydrogens (primary N) is 1. The molecule has 0 radical (unpaired) electrons. The number of amides is 1. The van der Waals surface area contributed by atoms with E-state index in [1.54, 1.807) is 25.2 Å². The largest absolute Gasteiger partial charge is 0.454 e. The fourth-order valence-corrected chi connectivity index (χ4v) is 1.37. The number of anilines is 1. The van der Waals surface area contributed by atoms with Gasteiger partial charge in [-0.1, -0.05) is 0 Å². The van der Waals surface area contributed by atoms with Crippen LogP contribution in [0.3, 0.4) is 0 Å². The summed E-state index contributed by atoms with van der Waals surface area (Å²) in [5, 5.41) is 0. The molecule has 80 valence electrons. The molecular weight excluding hydrogens is 196 g/mol. The second kappa shape index (κ2) is 3.78. The molecule has 5 nitrogen and oxygen atoms in total. The van der Waals surface area contributed by atoms with Gasteiger partial charge in [0, 0.05) is 18.8 Å². The van der Waals surface area contributed by atoms with Crippen molar-refractivity contribution in [3.05, 3.63) is 18.2 Å². The number of likely N-dealkylation sites (N-methyl/N-ethyl adjacent to an activating group) is 1. The lowest BCUT2D eigenvalue weighted by Crippen LogP contribution is -2.32. The quantitative estimate of drug-likeness (QED) is 0.761. The molecule has 1 aliphatic rings. The highest BCUT2D eigenvalue weighted by molar-refractivity contribution is 5.94. The van der Waals surface area contributed by atoms with Crippen LogP contribution in [0.2, 0.25) is 0 Å². The Labute approximate surface area is 87.4 Å². The second-order valence-electron chi connectivity index (χ2n) is 3.19. The van der Waals surface area contributed by atoms with Crippen molar-refractivity contribution in [3.63, 3.8) is 0 Å².